The summed E-state index contributed by atoms with van der Waals surface area (Å²) in [7, 11) is 0. The number of nitrogens with one attached hydrogen (secondary N) is 3. The van der Waals surface area contributed by atoms with Gasteiger partial charge < -0.3 is 25.3 Å². The summed E-state index contributed by atoms with van der Waals surface area (Å²) >= 11 is 5.92. The third kappa shape index (κ3) is 6.13. The van der Waals surface area contributed by atoms with Crippen molar-refractivity contribution < 1.29 is 18.3 Å². The van der Waals surface area contributed by atoms with Crippen molar-refractivity contribution in [1.82, 2.24) is 29.6 Å². The number of fused-ring (bicyclic) bond motifs is 1. The summed E-state index contributed by atoms with van der Waals surface area (Å²) in [4.78, 5) is 25.2. The number of nitrogens with zero attached hydrogens (tertiary/aromatic N) is 4. The molecule has 1 saturated heterocycles. The Morgan fingerprint density at radius 3 is 2.74 bits per heavy atom. The van der Waals surface area contributed by atoms with E-state index in [4.69, 9.17) is 16.6 Å². The highest BCUT2D eigenvalue weighted by Gasteiger charge is 2.39. The van der Waals surface area contributed by atoms with E-state index < -0.39 is 18.8 Å². The molecule has 5 rings (SSSR count). The Balaban J connectivity index is 1.33. The molecule has 1 unspecified atom stereocenters. The van der Waals surface area contributed by atoms with Crippen LogP contribution in [0.5, 0.6) is 0 Å². The Morgan fingerprint density at radius 2 is 2.05 bits per heavy atom. The SMILES string of the molecule is Cc1cc(C2CCN(CC(O)C(F)(F)F)CC2)cc2[nH]c(-c3c(NCCn4cc(Cl)cn4)cc[nH]c3=O)nc12. The Kier molecular flexibility index (Phi) is 7.70. The first kappa shape index (κ1) is 27.2. The van der Waals surface area contributed by atoms with E-state index in [-0.39, 0.29) is 11.5 Å². The predicted molar refractivity (Wildman–Crippen MR) is 143 cm³/mol. The monoisotopic (exact) mass is 563 g/mol. The van der Waals surface area contributed by atoms with Crippen molar-refractivity contribution in [3.8, 4) is 11.4 Å². The summed E-state index contributed by atoms with van der Waals surface area (Å²) in [5.41, 5.74) is 4.29. The van der Waals surface area contributed by atoms with E-state index in [1.807, 2.05) is 13.0 Å². The van der Waals surface area contributed by atoms with Crippen LogP contribution in [-0.4, -0.2) is 73.2 Å². The number of halogens is 4. The quantitative estimate of drug-likeness (QED) is 0.254. The number of anilines is 1. The zero-order valence-corrected chi connectivity index (χ0v) is 22.0. The summed E-state index contributed by atoms with van der Waals surface area (Å²) in [5, 5.41) is 17.4. The van der Waals surface area contributed by atoms with Gasteiger partial charge in [-0.15, -0.1) is 0 Å². The molecule has 4 heterocycles. The summed E-state index contributed by atoms with van der Waals surface area (Å²) in [6, 6.07) is 5.85. The van der Waals surface area contributed by atoms with Gasteiger partial charge in [0.25, 0.3) is 5.56 Å². The van der Waals surface area contributed by atoms with Crippen LogP contribution < -0.4 is 10.9 Å². The molecule has 1 aliphatic heterocycles. The molecule has 0 bridgehead atoms. The summed E-state index contributed by atoms with van der Waals surface area (Å²) in [5.74, 6) is 0.611. The molecule has 39 heavy (non-hydrogen) atoms. The lowest BCUT2D eigenvalue weighted by Crippen LogP contribution is -2.43. The van der Waals surface area contributed by atoms with Crippen molar-refractivity contribution in [3.05, 3.63) is 63.3 Å². The molecule has 1 aliphatic rings. The van der Waals surface area contributed by atoms with E-state index in [0.29, 0.717) is 61.1 Å². The number of hydrogen-bond acceptors (Lipinski definition) is 6. The first-order valence-electron chi connectivity index (χ1n) is 12.7. The molecule has 1 aromatic carbocycles. The van der Waals surface area contributed by atoms with E-state index >= 15 is 0 Å². The molecule has 0 spiro atoms. The number of aryl methyl sites for hydroxylation is 1. The maximum absolute atomic E-state index is 12.8. The van der Waals surface area contributed by atoms with Crippen LogP contribution in [0.15, 0.2) is 41.6 Å². The number of piperidine rings is 1. The number of aliphatic hydroxyl groups is 1. The van der Waals surface area contributed by atoms with Gasteiger partial charge in [0.2, 0.25) is 0 Å². The smallest absolute Gasteiger partial charge is 0.382 e. The first-order chi connectivity index (χ1) is 18.6. The Morgan fingerprint density at radius 1 is 1.28 bits per heavy atom. The molecule has 4 N–H and O–H groups in total. The summed E-state index contributed by atoms with van der Waals surface area (Å²) < 4.78 is 39.9. The van der Waals surface area contributed by atoms with Crippen LogP contribution >= 0.6 is 11.6 Å². The van der Waals surface area contributed by atoms with E-state index in [1.54, 1.807) is 34.2 Å². The lowest BCUT2D eigenvalue weighted by atomic mass is 9.88. The maximum Gasteiger partial charge on any atom is 0.415 e. The lowest BCUT2D eigenvalue weighted by Gasteiger charge is -2.33. The Hall–Kier alpha value is -3.35. The molecule has 1 fully saturated rings. The number of aromatic amines is 2. The van der Waals surface area contributed by atoms with Crippen molar-refractivity contribution >= 4 is 28.3 Å². The molecular formula is C26H29ClF3N7O2. The van der Waals surface area contributed by atoms with Gasteiger partial charge in [0.1, 0.15) is 11.4 Å². The molecule has 9 nitrogen and oxygen atoms in total. The lowest BCUT2D eigenvalue weighted by molar-refractivity contribution is -0.208. The zero-order valence-electron chi connectivity index (χ0n) is 21.2. The number of hydrogen-bond donors (Lipinski definition) is 4. The minimum Gasteiger partial charge on any atom is -0.382 e. The fraction of sp³-hybridized carbons (Fsp3) is 0.423. The number of pyridine rings is 1. The van der Waals surface area contributed by atoms with Gasteiger partial charge in [-0.05, 0) is 62.0 Å². The van der Waals surface area contributed by atoms with Gasteiger partial charge in [0.15, 0.2) is 6.10 Å². The Labute approximate surface area is 227 Å². The number of H-pyrrole nitrogens is 2. The van der Waals surface area contributed by atoms with Crippen molar-refractivity contribution in [2.75, 3.05) is 31.5 Å². The molecule has 0 saturated carbocycles. The van der Waals surface area contributed by atoms with Crippen LogP contribution in [0.3, 0.4) is 0 Å². The highest BCUT2D eigenvalue weighted by atomic mass is 35.5. The second-order valence-corrected chi connectivity index (χ2v) is 10.3. The molecule has 1 atom stereocenters. The average molecular weight is 564 g/mol. The first-order valence-corrected chi connectivity index (χ1v) is 13.1. The summed E-state index contributed by atoms with van der Waals surface area (Å²) in [6.45, 7) is 3.56. The largest absolute Gasteiger partial charge is 0.415 e. The van der Waals surface area contributed by atoms with E-state index in [9.17, 15) is 23.1 Å². The molecule has 13 heteroatoms. The van der Waals surface area contributed by atoms with Gasteiger partial charge in [-0.25, -0.2) is 4.98 Å². The number of likely N-dealkylation sites (tertiary alicyclic amines) is 1. The second kappa shape index (κ2) is 11.0. The third-order valence-electron chi connectivity index (χ3n) is 7.12. The van der Waals surface area contributed by atoms with Crippen LogP contribution in [-0.2, 0) is 6.54 Å². The molecular weight excluding hydrogens is 535 g/mol. The fourth-order valence-corrected chi connectivity index (χ4v) is 5.25. The van der Waals surface area contributed by atoms with Gasteiger partial charge in [0, 0.05) is 25.5 Å². The maximum atomic E-state index is 12.8. The molecule has 0 aliphatic carbocycles. The van der Waals surface area contributed by atoms with Crippen molar-refractivity contribution in [3.63, 3.8) is 0 Å². The molecule has 3 aromatic heterocycles. The van der Waals surface area contributed by atoms with E-state index in [1.165, 1.54) is 0 Å². The van der Waals surface area contributed by atoms with Gasteiger partial charge in [0.05, 0.1) is 34.5 Å². The van der Waals surface area contributed by atoms with Crippen molar-refractivity contribution in [2.24, 2.45) is 0 Å². The van der Waals surface area contributed by atoms with E-state index in [0.717, 1.165) is 22.2 Å². The topological polar surface area (TPSA) is 115 Å². The standard InChI is InChI=1S/C26H29ClF3N7O2/c1-15-10-17(16-3-7-36(8-4-16)14-21(38)26(28,29)30)11-20-23(15)35-24(34-20)22-19(2-5-32-25(22)39)31-6-9-37-13-18(27)12-33-37/h2,5,10-13,16,21,38H,3-4,6-9,14H2,1H3,(H,34,35)(H2,31,32,39). The number of benzene rings is 1. The number of aromatic nitrogens is 5. The van der Waals surface area contributed by atoms with Crippen LogP contribution in [0, 0.1) is 6.92 Å². The van der Waals surface area contributed by atoms with Crippen LogP contribution in [0.1, 0.15) is 29.9 Å². The highest BCUT2D eigenvalue weighted by molar-refractivity contribution is 6.30. The Bertz CT molecular complexity index is 1510. The number of alkyl halides is 3. The van der Waals surface area contributed by atoms with Crippen LogP contribution in [0.2, 0.25) is 5.02 Å². The number of rotatable bonds is 8. The molecule has 0 radical (unpaired) electrons. The van der Waals surface area contributed by atoms with Crippen molar-refractivity contribution in [2.45, 2.75) is 44.5 Å². The van der Waals surface area contributed by atoms with E-state index in [2.05, 4.69) is 26.4 Å². The number of β-amino-alcohol motifs (C(OH)–C–C–N with tert-alkyl or cyclic N) is 1. The third-order valence-corrected chi connectivity index (χ3v) is 7.32. The average Bonchev–Trinajstić information content (AvgIpc) is 3.50. The fourth-order valence-electron chi connectivity index (χ4n) is 5.10. The predicted octanol–water partition coefficient (Wildman–Crippen LogP) is 4.29. The minimum absolute atomic E-state index is 0.173. The molecule has 208 valence electrons. The zero-order chi connectivity index (χ0) is 27.7. The van der Waals surface area contributed by atoms with Gasteiger partial charge in [-0.3, -0.25) is 9.48 Å². The van der Waals surface area contributed by atoms with Gasteiger partial charge in [-0.2, -0.15) is 18.3 Å². The van der Waals surface area contributed by atoms with Crippen molar-refractivity contribution in [1.29, 1.82) is 0 Å². The summed E-state index contributed by atoms with van der Waals surface area (Å²) in [6.07, 6.45) is -0.716. The molecule has 0 amide bonds. The number of aliphatic hydroxyl groups excluding tert-OH is 1. The van der Waals surface area contributed by atoms with Crippen LogP contribution in [0.4, 0.5) is 18.9 Å². The minimum atomic E-state index is -4.61. The van der Waals surface area contributed by atoms with Crippen LogP contribution in [0.25, 0.3) is 22.4 Å². The normalized spacial score (nSPS) is 16.2. The highest BCUT2D eigenvalue weighted by Crippen LogP contribution is 2.33. The second-order valence-electron chi connectivity index (χ2n) is 9.90. The van der Waals surface area contributed by atoms with Gasteiger partial charge in [-0.1, -0.05) is 17.7 Å². The van der Waals surface area contributed by atoms with Gasteiger partial charge >= 0.3 is 6.18 Å². The molecule has 4 aromatic rings. The number of imidazole rings is 1.